The van der Waals surface area contributed by atoms with Crippen LogP contribution in [0.2, 0.25) is 0 Å². The molecule has 2 aromatic rings. The van der Waals surface area contributed by atoms with Crippen LogP contribution in [0.4, 0.5) is 5.69 Å². The Hall–Kier alpha value is -3.02. The first-order chi connectivity index (χ1) is 11.1. The molecule has 0 heterocycles. The molecule has 0 aliphatic heterocycles. The summed E-state index contributed by atoms with van der Waals surface area (Å²) in [5.74, 6) is 0.686. The Bertz CT molecular complexity index is 666. The van der Waals surface area contributed by atoms with E-state index in [1.165, 1.54) is 6.21 Å². The maximum Gasteiger partial charge on any atom is 0.262 e. The number of hydrogen-bond donors (Lipinski definition) is 3. The van der Waals surface area contributed by atoms with Gasteiger partial charge in [-0.3, -0.25) is 4.79 Å². The number of amides is 1. The van der Waals surface area contributed by atoms with Crippen LogP contribution in [0.25, 0.3) is 0 Å². The lowest BCUT2D eigenvalue weighted by atomic mass is 10.2. The minimum Gasteiger partial charge on any atom is -0.508 e. The van der Waals surface area contributed by atoms with Crippen molar-refractivity contribution in [2.75, 3.05) is 12.4 Å². The maximum atomic E-state index is 12.0. The maximum absolute atomic E-state index is 12.0. The van der Waals surface area contributed by atoms with Crippen LogP contribution in [0.15, 0.2) is 53.6 Å². The van der Waals surface area contributed by atoms with Gasteiger partial charge in [0.1, 0.15) is 17.5 Å². The smallest absolute Gasteiger partial charge is 0.262 e. The zero-order valence-electron chi connectivity index (χ0n) is 13.0. The Labute approximate surface area is 134 Å². The summed E-state index contributed by atoms with van der Waals surface area (Å²) >= 11 is 0. The minimum atomic E-state index is -0.444. The summed E-state index contributed by atoms with van der Waals surface area (Å²) in [6.45, 7) is 1.75. The number of rotatable bonds is 6. The first kappa shape index (κ1) is 16.4. The van der Waals surface area contributed by atoms with Crippen molar-refractivity contribution in [3.63, 3.8) is 0 Å². The van der Waals surface area contributed by atoms with E-state index in [4.69, 9.17) is 4.74 Å². The molecule has 120 valence electrons. The fourth-order valence-corrected chi connectivity index (χ4v) is 1.83. The molecule has 0 spiro atoms. The molecule has 3 N–H and O–H groups in total. The van der Waals surface area contributed by atoms with Gasteiger partial charge in [0.05, 0.1) is 13.3 Å². The van der Waals surface area contributed by atoms with Crippen LogP contribution in [0.1, 0.15) is 12.5 Å². The van der Waals surface area contributed by atoms with Gasteiger partial charge in [-0.25, -0.2) is 5.43 Å². The molecule has 0 radical (unpaired) electrons. The summed E-state index contributed by atoms with van der Waals surface area (Å²) in [4.78, 5) is 12.0. The van der Waals surface area contributed by atoms with Crippen LogP contribution in [0, 0.1) is 0 Å². The molecule has 0 saturated carbocycles. The average molecular weight is 313 g/mol. The molecule has 0 bridgehead atoms. The highest BCUT2D eigenvalue weighted by atomic mass is 16.5. The molecular formula is C17H19N3O3. The fourth-order valence-electron chi connectivity index (χ4n) is 1.83. The number of hydrazone groups is 1. The van der Waals surface area contributed by atoms with Crippen molar-refractivity contribution in [3.8, 4) is 11.5 Å². The lowest BCUT2D eigenvalue weighted by Crippen LogP contribution is -2.34. The molecule has 0 aliphatic rings. The number of ether oxygens (including phenoxy) is 1. The molecule has 1 atom stereocenters. The molecule has 6 heteroatoms. The number of anilines is 1. The summed E-state index contributed by atoms with van der Waals surface area (Å²) in [5, 5.41) is 16.2. The van der Waals surface area contributed by atoms with Gasteiger partial charge in [0.15, 0.2) is 0 Å². The van der Waals surface area contributed by atoms with Gasteiger partial charge < -0.3 is 15.2 Å². The average Bonchev–Trinajstić information content (AvgIpc) is 2.57. The Morgan fingerprint density at radius 3 is 2.43 bits per heavy atom. The van der Waals surface area contributed by atoms with Gasteiger partial charge in [-0.15, -0.1) is 0 Å². The van der Waals surface area contributed by atoms with Crippen molar-refractivity contribution >= 4 is 17.8 Å². The first-order valence-corrected chi connectivity index (χ1v) is 7.11. The van der Waals surface area contributed by atoms with Crippen LogP contribution < -0.4 is 15.5 Å². The number of benzene rings is 2. The number of phenols is 1. The quantitative estimate of drug-likeness (QED) is 0.565. The molecule has 0 aliphatic carbocycles. The second kappa shape index (κ2) is 7.84. The molecule has 0 fully saturated rings. The number of carbonyl (C=O) groups is 1. The van der Waals surface area contributed by atoms with E-state index in [1.54, 1.807) is 38.3 Å². The number of hydrogen-bond acceptors (Lipinski definition) is 5. The molecule has 2 aromatic carbocycles. The number of methoxy groups -OCH3 is 1. The first-order valence-electron chi connectivity index (χ1n) is 7.11. The standard InChI is InChI=1S/C17H19N3O3/c1-12(19-14-5-9-16(23-2)10-6-14)17(22)20-18-11-13-3-7-15(21)8-4-13/h3-12,19,21H,1-2H3,(H,20,22)/b18-11-/t12-/m0/s1. The number of carbonyl (C=O) groups excluding carboxylic acids is 1. The van der Waals surface area contributed by atoms with Crippen molar-refractivity contribution < 1.29 is 14.6 Å². The molecule has 23 heavy (non-hydrogen) atoms. The van der Waals surface area contributed by atoms with Gasteiger partial charge in [-0.2, -0.15) is 5.10 Å². The second-order valence-electron chi connectivity index (χ2n) is 4.92. The lowest BCUT2D eigenvalue weighted by molar-refractivity contribution is -0.121. The Morgan fingerprint density at radius 1 is 1.17 bits per heavy atom. The van der Waals surface area contributed by atoms with E-state index in [2.05, 4.69) is 15.8 Å². The van der Waals surface area contributed by atoms with Crippen molar-refractivity contribution in [1.29, 1.82) is 0 Å². The van der Waals surface area contributed by atoms with Crippen LogP contribution in [-0.2, 0) is 4.79 Å². The van der Waals surface area contributed by atoms with Gasteiger partial charge in [-0.1, -0.05) is 0 Å². The Morgan fingerprint density at radius 2 is 1.83 bits per heavy atom. The number of aromatic hydroxyl groups is 1. The molecule has 0 unspecified atom stereocenters. The monoisotopic (exact) mass is 313 g/mol. The highest BCUT2D eigenvalue weighted by Gasteiger charge is 2.11. The topological polar surface area (TPSA) is 83.0 Å². The minimum absolute atomic E-state index is 0.184. The summed E-state index contributed by atoms with van der Waals surface area (Å²) in [7, 11) is 1.60. The normalized spacial score (nSPS) is 11.9. The largest absolute Gasteiger partial charge is 0.508 e. The van der Waals surface area contributed by atoms with E-state index in [9.17, 15) is 9.90 Å². The van der Waals surface area contributed by atoms with Gasteiger partial charge in [-0.05, 0) is 61.0 Å². The summed E-state index contributed by atoms with van der Waals surface area (Å²) in [6.07, 6.45) is 1.51. The zero-order chi connectivity index (χ0) is 16.7. The third-order valence-electron chi connectivity index (χ3n) is 3.15. The van der Waals surface area contributed by atoms with Gasteiger partial charge in [0.25, 0.3) is 5.91 Å². The molecule has 0 aromatic heterocycles. The van der Waals surface area contributed by atoms with E-state index >= 15 is 0 Å². The molecular weight excluding hydrogens is 294 g/mol. The predicted octanol–water partition coefficient (Wildman–Crippen LogP) is 2.35. The van der Waals surface area contributed by atoms with Crippen molar-refractivity contribution in [3.05, 3.63) is 54.1 Å². The van der Waals surface area contributed by atoms with Crippen LogP contribution in [-0.4, -0.2) is 30.4 Å². The zero-order valence-corrected chi connectivity index (χ0v) is 13.0. The van der Waals surface area contributed by atoms with Gasteiger partial charge >= 0.3 is 0 Å². The van der Waals surface area contributed by atoms with Crippen molar-refractivity contribution in [1.82, 2.24) is 5.43 Å². The van der Waals surface area contributed by atoms with E-state index in [0.29, 0.717) is 0 Å². The highest BCUT2D eigenvalue weighted by Crippen LogP contribution is 2.15. The third kappa shape index (κ3) is 5.03. The van der Waals surface area contributed by atoms with Gasteiger partial charge in [0.2, 0.25) is 0 Å². The van der Waals surface area contributed by atoms with Gasteiger partial charge in [0, 0.05) is 5.69 Å². The summed E-state index contributed by atoms with van der Waals surface area (Å²) < 4.78 is 5.08. The molecule has 0 saturated heterocycles. The Kier molecular flexibility index (Phi) is 5.57. The molecule has 2 rings (SSSR count). The number of nitrogens with one attached hydrogen (secondary N) is 2. The van der Waals surface area contributed by atoms with Crippen LogP contribution in [0.5, 0.6) is 11.5 Å². The van der Waals surface area contributed by atoms with Crippen LogP contribution >= 0.6 is 0 Å². The van der Waals surface area contributed by atoms with Crippen LogP contribution in [0.3, 0.4) is 0 Å². The molecule has 6 nitrogen and oxygen atoms in total. The second-order valence-corrected chi connectivity index (χ2v) is 4.92. The predicted molar refractivity (Wildman–Crippen MR) is 89.9 cm³/mol. The van der Waals surface area contributed by atoms with E-state index < -0.39 is 6.04 Å². The van der Waals surface area contributed by atoms with E-state index in [-0.39, 0.29) is 11.7 Å². The van der Waals surface area contributed by atoms with E-state index in [1.807, 2.05) is 24.3 Å². The summed E-state index contributed by atoms with van der Waals surface area (Å²) in [6, 6.07) is 13.4. The SMILES string of the molecule is COc1ccc(N[C@@H](C)C(=O)N/N=C\c2ccc(O)cc2)cc1. The lowest BCUT2D eigenvalue weighted by Gasteiger charge is -2.13. The van der Waals surface area contributed by atoms with E-state index in [0.717, 1.165) is 17.0 Å². The number of phenolic OH excluding ortho intramolecular Hbond substituents is 1. The third-order valence-corrected chi connectivity index (χ3v) is 3.15. The highest BCUT2D eigenvalue weighted by molar-refractivity contribution is 5.86. The molecule has 1 amide bonds. The fraction of sp³-hybridized carbons (Fsp3) is 0.176. The Balaban J connectivity index is 1.85. The van der Waals surface area contributed by atoms with Crippen molar-refractivity contribution in [2.45, 2.75) is 13.0 Å². The van der Waals surface area contributed by atoms with Crippen molar-refractivity contribution in [2.24, 2.45) is 5.10 Å². The summed E-state index contributed by atoms with van der Waals surface area (Å²) in [5.41, 5.74) is 4.06. The number of nitrogens with zero attached hydrogens (tertiary/aromatic N) is 1.